The molecule has 0 atom stereocenters. The average Bonchev–Trinajstić information content (AvgIpc) is 2.53. The van der Waals surface area contributed by atoms with Crippen molar-refractivity contribution >= 4 is 42.1 Å². The van der Waals surface area contributed by atoms with Crippen molar-refractivity contribution in [3.63, 3.8) is 0 Å². The molecule has 2 rings (SSSR count). The van der Waals surface area contributed by atoms with Crippen LogP contribution in [0.5, 0.6) is 5.75 Å². The second kappa shape index (κ2) is 8.95. The van der Waals surface area contributed by atoms with Gasteiger partial charge in [-0.15, -0.1) is 0 Å². The third-order valence-electron chi connectivity index (χ3n) is 2.87. The average molecular weight is 426 g/mol. The van der Waals surface area contributed by atoms with Crippen LogP contribution in [0.2, 0.25) is 0 Å². The molecule has 0 aromatic heterocycles. The molecule has 0 radical (unpaired) electrons. The number of phenolic OH excluding ortho intramolecular Hbond substituents is 1. The zero-order valence-electron chi connectivity index (χ0n) is 13.4. The number of nitrogens with one attached hydrogen (secondary N) is 1. The number of benzene rings is 2. The molecule has 0 aliphatic rings. The van der Waals surface area contributed by atoms with Gasteiger partial charge in [0.1, 0.15) is 0 Å². The van der Waals surface area contributed by atoms with Crippen molar-refractivity contribution in [3.05, 3.63) is 58.1 Å². The minimum atomic E-state index is -5.09. The Hall–Kier alpha value is -2.94. The van der Waals surface area contributed by atoms with Crippen molar-refractivity contribution in [1.29, 1.82) is 0 Å². The number of carbonyl (C=O) groups is 2. The van der Waals surface area contributed by atoms with Gasteiger partial charge >= 0.3 is 88.1 Å². The molecule has 26 heavy (non-hydrogen) atoms. The molecule has 11 heteroatoms. The second-order valence-corrected chi connectivity index (χ2v) is 8.16. The first kappa shape index (κ1) is 21.1. The molecule has 2 aromatic rings. The monoisotopic (exact) mass is 426 g/mol. The van der Waals surface area contributed by atoms with Crippen LogP contribution in [0.3, 0.4) is 0 Å². The summed E-state index contributed by atoms with van der Waals surface area (Å²) in [6.45, 7) is 1.29. The predicted octanol–water partition coefficient (Wildman–Crippen LogP) is 0.319. The van der Waals surface area contributed by atoms with Gasteiger partial charge in [-0.05, 0) is 6.07 Å². The van der Waals surface area contributed by atoms with Gasteiger partial charge in [-0.1, -0.05) is 12.1 Å². The zero-order valence-corrected chi connectivity index (χ0v) is 15.3. The van der Waals surface area contributed by atoms with Crippen LogP contribution in [-0.2, 0) is 8.53 Å². The van der Waals surface area contributed by atoms with Crippen LogP contribution in [0.15, 0.2) is 42.5 Å². The first-order valence-electron chi connectivity index (χ1n) is 6.91. The maximum absolute atomic E-state index is 10.9. The summed E-state index contributed by atoms with van der Waals surface area (Å²) < 4.78 is 28.2. The van der Waals surface area contributed by atoms with Gasteiger partial charge in [-0.2, -0.15) is 0 Å². The fraction of sp³-hybridized carbons (Fsp3) is 0.0667. The van der Waals surface area contributed by atoms with E-state index in [2.05, 4.69) is 5.32 Å². The van der Waals surface area contributed by atoms with Gasteiger partial charge in [-0.25, -0.2) is 0 Å². The molecule has 0 saturated carbocycles. The van der Waals surface area contributed by atoms with E-state index in [0.29, 0.717) is 6.29 Å². The molecule has 0 aliphatic heterocycles. The van der Waals surface area contributed by atoms with Crippen LogP contribution in [0.25, 0.3) is 0 Å². The third kappa shape index (κ3) is 6.17. The number of aldehydes is 1. The van der Waals surface area contributed by atoms with Crippen LogP contribution in [0, 0.1) is 10.1 Å². The number of hydrogen-bond donors (Lipinski definition) is 4. The van der Waals surface area contributed by atoms with Crippen molar-refractivity contribution in [3.8, 4) is 5.75 Å². The van der Waals surface area contributed by atoms with E-state index in [-0.39, 0.29) is 22.8 Å². The van der Waals surface area contributed by atoms with Gasteiger partial charge in [0.2, 0.25) is 0 Å². The van der Waals surface area contributed by atoms with Crippen LogP contribution >= 0.6 is 0 Å². The third-order valence-corrected chi connectivity index (χ3v) is 4.98. The summed E-state index contributed by atoms with van der Waals surface area (Å²) in [5, 5.41) is 21.9. The predicted molar refractivity (Wildman–Crippen MR) is 91.4 cm³/mol. The fourth-order valence-electron chi connectivity index (χ4n) is 1.80. The molecule has 0 bridgehead atoms. The normalized spacial score (nSPS) is 10.3. The number of amides is 1. The Morgan fingerprint density at radius 3 is 2.27 bits per heavy atom. The van der Waals surface area contributed by atoms with Gasteiger partial charge in [0.25, 0.3) is 5.69 Å². The number of anilines is 1. The Morgan fingerprint density at radius 1 is 1.23 bits per heavy atom. The Labute approximate surface area is 150 Å². The molecule has 0 spiro atoms. The number of rotatable bonds is 4. The number of nitro benzene ring substituents is 1. The van der Waals surface area contributed by atoms with Crippen LogP contribution < -0.4 is 9.67 Å². The Morgan fingerprint density at radius 2 is 1.85 bits per heavy atom. The molecule has 2 aromatic carbocycles. The van der Waals surface area contributed by atoms with Gasteiger partial charge in [0.15, 0.2) is 6.29 Å². The molecule has 0 heterocycles. The fourth-order valence-corrected chi connectivity index (χ4v) is 3.13. The van der Waals surface area contributed by atoms with E-state index in [1.807, 2.05) is 0 Å². The van der Waals surface area contributed by atoms with E-state index in [4.69, 9.17) is 8.19 Å². The SMILES string of the molecule is CC(=O)Nc1ccc([As](=O)(O)O)c(O)c1.O=Cc1ccccc1[N+](=O)[O-]. The molecule has 0 saturated heterocycles. The van der Waals surface area contributed by atoms with Crippen LogP contribution in [0.1, 0.15) is 17.3 Å². The number of nitrogens with zero attached hydrogens (tertiary/aromatic N) is 1. The minimum Gasteiger partial charge on any atom is -0.298 e. The molecular weight excluding hydrogens is 411 g/mol. The van der Waals surface area contributed by atoms with E-state index in [1.54, 1.807) is 6.07 Å². The van der Waals surface area contributed by atoms with Crippen molar-refractivity contribution in [2.24, 2.45) is 0 Å². The molecule has 0 aliphatic carbocycles. The minimum absolute atomic E-state index is 0.109. The number of hydrogen-bond acceptors (Lipinski definition) is 6. The van der Waals surface area contributed by atoms with Crippen molar-refractivity contribution in [1.82, 2.24) is 0 Å². The molecule has 1 amide bonds. The van der Waals surface area contributed by atoms with Gasteiger partial charge in [0, 0.05) is 6.07 Å². The smallest absolute Gasteiger partial charge is 0.279 e. The maximum Gasteiger partial charge on any atom is 0.279 e. The quantitative estimate of drug-likeness (QED) is 0.235. The van der Waals surface area contributed by atoms with E-state index in [0.717, 1.165) is 12.1 Å². The summed E-state index contributed by atoms with van der Waals surface area (Å²) in [7, 11) is 0. The number of aromatic hydroxyl groups is 1. The molecule has 4 N–H and O–H groups in total. The number of nitro groups is 1. The first-order valence-corrected chi connectivity index (χ1v) is 10.3. The van der Waals surface area contributed by atoms with E-state index < -0.39 is 29.2 Å². The molecule has 0 fully saturated rings. The van der Waals surface area contributed by atoms with Crippen molar-refractivity contribution in [2.75, 3.05) is 5.32 Å². The standard InChI is InChI=1S/C8H10AsNO5.C7H5NO3/c1-5(11)10-6-2-3-7(8(12)4-6)9(13,14)15;9-5-6-3-1-2-4-7(6)8(10)11/h2-4,12H,1H3,(H,10,11)(H2,13,14,15);1-5H. The van der Waals surface area contributed by atoms with Gasteiger partial charge in [0.05, 0.1) is 10.5 Å². The number of para-hydroxylation sites is 1. The topological polar surface area (TPSA) is 167 Å². The summed E-state index contributed by atoms with van der Waals surface area (Å²) in [5.41, 5.74) is 0.243. The van der Waals surface area contributed by atoms with Crippen LogP contribution in [0.4, 0.5) is 11.4 Å². The summed E-state index contributed by atoms with van der Waals surface area (Å²) in [6.07, 6.45) is 0.470. The second-order valence-electron chi connectivity index (χ2n) is 4.86. The van der Waals surface area contributed by atoms with Crippen LogP contribution in [-0.4, -0.2) is 44.6 Å². The molecule has 138 valence electrons. The van der Waals surface area contributed by atoms with Gasteiger partial charge in [-0.3, -0.25) is 14.9 Å². The largest absolute Gasteiger partial charge is 0.298 e. The molecular formula is C15H15AsN2O8. The van der Waals surface area contributed by atoms with E-state index >= 15 is 0 Å². The molecule has 0 unspecified atom stereocenters. The summed E-state index contributed by atoms with van der Waals surface area (Å²) in [6, 6.07) is 9.31. The van der Waals surface area contributed by atoms with Gasteiger partial charge < -0.3 is 0 Å². The Balaban J connectivity index is 0.000000273. The summed E-state index contributed by atoms with van der Waals surface area (Å²) in [4.78, 5) is 30.5. The molecule has 10 nitrogen and oxygen atoms in total. The maximum atomic E-state index is 10.9. The number of carbonyl (C=O) groups excluding carboxylic acids is 2. The summed E-state index contributed by atoms with van der Waals surface area (Å²) >= 11 is -5.09. The van der Waals surface area contributed by atoms with Crippen molar-refractivity contribution in [2.45, 2.75) is 6.92 Å². The van der Waals surface area contributed by atoms with E-state index in [1.165, 1.54) is 31.2 Å². The Kier molecular flexibility index (Phi) is 7.26. The first-order chi connectivity index (χ1) is 12.1. The zero-order chi connectivity index (χ0) is 19.9. The van der Waals surface area contributed by atoms with Crippen molar-refractivity contribution < 1.29 is 31.5 Å². The Bertz CT molecular complexity index is 878. The number of phenols is 1. The summed E-state index contributed by atoms with van der Waals surface area (Å²) in [5.74, 6) is -0.850. The van der Waals surface area contributed by atoms with E-state index in [9.17, 15) is 28.5 Å².